The second-order valence-electron chi connectivity index (χ2n) is 1.67. The van der Waals surface area contributed by atoms with Gasteiger partial charge >= 0.3 is 0 Å². The zero-order valence-electron chi connectivity index (χ0n) is 5.43. The molecule has 2 aliphatic heterocycles. The molecule has 0 aromatic rings. The van der Waals surface area contributed by atoms with E-state index in [2.05, 4.69) is 10.9 Å². The fraction of sp³-hybridized carbons (Fsp3) is 0. The highest BCUT2D eigenvalue weighted by Gasteiger charge is 2.15. The highest BCUT2D eigenvalue weighted by Crippen LogP contribution is 2.20. The van der Waals surface area contributed by atoms with E-state index in [-0.39, 0.29) is 0 Å². The van der Waals surface area contributed by atoms with Crippen molar-refractivity contribution in [3.05, 3.63) is 23.2 Å². The van der Waals surface area contributed by atoms with Crippen molar-refractivity contribution >= 4 is 23.9 Å². The number of hydrogen-bond acceptors (Lipinski definition) is 7. The lowest BCUT2D eigenvalue weighted by Gasteiger charge is -2.18. The summed E-state index contributed by atoms with van der Waals surface area (Å²) in [6.07, 6.45) is 3.58. The van der Waals surface area contributed by atoms with E-state index >= 15 is 0 Å². The minimum atomic E-state index is 1.43. The van der Waals surface area contributed by atoms with Crippen LogP contribution < -0.4 is 10.9 Å². The van der Waals surface area contributed by atoms with Gasteiger partial charge in [0.1, 0.15) is 0 Å². The van der Waals surface area contributed by atoms with Gasteiger partial charge in [-0.1, -0.05) is 0 Å². The number of rotatable bonds is 2. The van der Waals surface area contributed by atoms with Crippen LogP contribution >= 0.6 is 23.9 Å². The topological polar surface area (TPSA) is 39.8 Å². The highest BCUT2D eigenvalue weighted by molar-refractivity contribution is 8.00. The normalized spacial score (nSPS) is 24.0. The highest BCUT2D eigenvalue weighted by atomic mass is 32.2. The van der Waals surface area contributed by atoms with Crippen LogP contribution in [0.2, 0.25) is 0 Å². The third kappa shape index (κ3) is 1.82. The van der Waals surface area contributed by atoms with Crippen LogP contribution in [0, 0.1) is 0 Å². The Morgan fingerprint density at radius 2 is 1.55 bits per heavy atom. The Morgan fingerprint density at radius 1 is 1.00 bits per heavy atom. The van der Waals surface area contributed by atoms with Gasteiger partial charge in [0.05, 0.1) is 0 Å². The molecule has 2 rings (SSSR count). The van der Waals surface area contributed by atoms with Gasteiger partial charge in [0.2, 0.25) is 0 Å². The van der Waals surface area contributed by atoms with Crippen LogP contribution in [0.5, 0.6) is 0 Å². The van der Waals surface area contributed by atoms with Crippen molar-refractivity contribution in [1.29, 1.82) is 0 Å². The van der Waals surface area contributed by atoms with Gasteiger partial charge in [-0.05, 0) is 9.16 Å². The van der Waals surface area contributed by atoms with Crippen LogP contribution in [-0.2, 0) is 4.94 Å². The van der Waals surface area contributed by atoms with Crippen molar-refractivity contribution in [2.24, 2.45) is 0 Å². The first kappa shape index (κ1) is 7.32. The van der Waals surface area contributed by atoms with Crippen LogP contribution in [0.1, 0.15) is 0 Å². The predicted octanol–water partition coefficient (Wildman–Crippen LogP) is 0.712. The molecule has 0 saturated heterocycles. The van der Waals surface area contributed by atoms with E-state index in [4.69, 9.17) is 4.94 Å². The molecule has 0 fully saturated rings. The fourth-order valence-electron chi connectivity index (χ4n) is 0.568. The lowest BCUT2D eigenvalue weighted by Crippen LogP contribution is -2.34. The molecule has 0 amide bonds. The van der Waals surface area contributed by atoms with Crippen molar-refractivity contribution in [3.63, 3.8) is 0 Å². The summed E-state index contributed by atoms with van der Waals surface area (Å²) in [5.41, 5.74) is 5.71. The molecule has 0 spiro atoms. The molecule has 0 radical (unpaired) electrons. The molecule has 0 aromatic heterocycles. The fourth-order valence-corrected chi connectivity index (χ4v) is 1.53. The van der Waals surface area contributed by atoms with E-state index in [9.17, 15) is 0 Å². The molecule has 2 aliphatic rings. The zero-order valence-corrected chi connectivity index (χ0v) is 7.06. The first-order chi connectivity index (χ1) is 5.45. The van der Waals surface area contributed by atoms with Crippen molar-refractivity contribution < 1.29 is 4.94 Å². The van der Waals surface area contributed by atoms with Crippen LogP contribution in [0.3, 0.4) is 0 Å². The SMILES string of the molecule is C1=CSN(ON2NC=CS2)N1. The van der Waals surface area contributed by atoms with Gasteiger partial charge in [-0.25, -0.2) is 0 Å². The molecule has 0 unspecified atom stereocenters. The van der Waals surface area contributed by atoms with Gasteiger partial charge in [-0.15, -0.1) is 4.94 Å². The lowest BCUT2D eigenvalue weighted by molar-refractivity contribution is -0.249. The van der Waals surface area contributed by atoms with E-state index in [0.29, 0.717) is 0 Å². The van der Waals surface area contributed by atoms with E-state index < -0.39 is 0 Å². The molecule has 0 bridgehead atoms. The maximum Gasteiger partial charge on any atom is 0.0238 e. The Hall–Kier alpha value is -0.340. The van der Waals surface area contributed by atoms with E-state index in [1.165, 1.54) is 33.1 Å². The van der Waals surface area contributed by atoms with Crippen LogP contribution in [0.25, 0.3) is 0 Å². The van der Waals surface area contributed by atoms with Crippen LogP contribution in [0.15, 0.2) is 23.2 Å². The molecule has 0 saturated carbocycles. The summed E-state index contributed by atoms with van der Waals surface area (Å²) in [5, 5.41) is 3.77. The van der Waals surface area contributed by atoms with E-state index in [1.807, 2.05) is 10.8 Å². The first-order valence-electron chi connectivity index (χ1n) is 2.89. The number of nitrogens with zero attached hydrogens (tertiary/aromatic N) is 2. The number of nitrogens with one attached hydrogen (secondary N) is 2. The quantitative estimate of drug-likeness (QED) is 0.621. The first-order valence-corrected chi connectivity index (χ1v) is 4.57. The average molecular weight is 190 g/mol. The van der Waals surface area contributed by atoms with Gasteiger partial charge in [-0.3, -0.25) is 10.9 Å². The number of hydrazine groups is 2. The van der Waals surface area contributed by atoms with E-state index in [0.717, 1.165) is 0 Å². The standard InChI is InChI=1S/C4H6N4OS2/c1-3-10-7(5-1)9-8-6-2-4-11-8/h1-6H. The summed E-state index contributed by atoms with van der Waals surface area (Å²) in [6, 6.07) is 0. The molecule has 2 heterocycles. The lowest BCUT2D eigenvalue weighted by atomic mass is 11.1. The minimum absolute atomic E-state index is 1.43. The van der Waals surface area contributed by atoms with Crippen LogP contribution in [-0.4, -0.2) is 9.16 Å². The smallest absolute Gasteiger partial charge is 0.0238 e. The second kappa shape index (κ2) is 3.37. The Bertz CT molecular complexity index is 161. The summed E-state index contributed by atoms with van der Waals surface area (Å²) in [7, 11) is 0. The third-order valence-corrected chi connectivity index (χ3v) is 2.20. The van der Waals surface area contributed by atoms with Crippen molar-refractivity contribution in [1.82, 2.24) is 20.0 Å². The minimum Gasteiger partial charge on any atom is -0.291 e. The Morgan fingerprint density at radius 3 is 1.91 bits per heavy atom. The second-order valence-corrected chi connectivity index (χ2v) is 3.30. The van der Waals surface area contributed by atoms with E-state index in [1.54, 1.807) is 12.4 Å². The maximum atomic E-state index is 5.22. The molecular weight excluding hydrogens is 184 g/mol. The van der Waals surface area contributed by atoms with Gasteiger partial charge < -0.3 is 0 Å². The van der Waals surface area contributed by atoms with Crippen molar-refractivity contribution in [2.75, 3.05) is 0 Å². The van der Waals surface area contributed by atoms with Crippen molar-refractivity contribution in [3.8, 4) is 0 Å². The molecule has 0 atom stereocenters. The molecule has 5 nitrogen and oxygen atoms in total. The third-order valence-electron chi connectivity index (χ3n) is 0.957. The molecule has 11 heavy (non-hydrogen) atoms. The molecule has 0 aromatic carbocycles. The van der Waals surface area contributed by atoms with Gasteiger partial charge in [-0.2, -0.15) is 0 Å². The summed E-state index contributed by atoms with van der Waals surface area (Å²) in [4.78, 5) is 5.22. The maximum absolute atomic E-state index is 5.22. The summed E-state index contributed by atoms with van der Waals surface area (Å²) in [6.45, 7) is 0. The Kier molecular flexibility index (Phi) is 2.24. The van der Waals surface area contributed by atoms with Gasteiger partial charge in [0.15, 0.2) is 0 Å². The average Bonchev–Trinajstić information content (AvgIpc) is 2.60. The van der Waals surface area contributed by atoms with Gasteiger partial charge in [0.25, 0.3) is 0 Å². The molecule has 2 N–H and O–H groups in total. The van der Waals surface area contributed by atoms with Crippen LogP contribution in [0.4, 0.5) is 0 Å². The molecule has 7 heteroatoms. The summed E-state index contributed by atoms with van der Waals surface area (Å²) < 4.78 is 3.04. The van der Waals surface area contributed by atoms with Gasteiger partial charge in [0, 0.05) is 47.1 Å². The predicted molar refractivity (Wildman–Crippen MR) is 44.5 cm³/mol. The molecule has 60 valence electrons. The summed E-state index contributed by atoms with van der Waals surface area (Å²) >= 11 is 2.85. The number of hydrogen-bond donors (Lipinski definition) is 2. The monoisotopic (exact) mass is 190 g/mol. The van der Waals surface area contributed by atoms with Crippen molar-refractivity contribution in [2.45, 2.75) is 0 Å². The Balaban J connectivity index is 1.73. The zero-order chi connectivity index (χ0) is 7.52. The largest absolute Gasteiger partial charge is 0.291 e. The Labute approximate surface area is 72.5 Å². The molecule has 0 aliphatic carbocycles. The molecular formula is C4H6N4OS2. The summed E-state index contributed by atoms with van der Waals surface area (Å²) in [5.74, 6) is 0.